The standard InChI is InChI=1S/C14H22N2O3/c1-17-11-7-10(8-12(9-11)18-2)14(16-15)13-5-3-4-6-19-13/h7-9,13-14,16H,3-6,15H2,1-2H3. The molecule has 1 fully saturated rings. The Morgan fingerprint density at radius 2 is 1.89 bits per heavy atom. The highest BCUT2D eigenvalue weighted by Crippen LogP contribution is 2.31. The van der Waals surface area contributed by atoms with Crippen molar-refractivity contribution in [1.29, 1.82) is 0 Å². The van der Waals surface area contributed by atoms with Crippen molar-refractivity contribution < 1.29 is 14.2 Å². The van der Waals surface area contributed by atoms with E-state index in [0.29, 0.717) is 0 Å². The molecule has 0 amide bonds. The predicted octanol–water partition coefficient (Wildman–Crippen LogP) is 1.78. The summed E-state index contributed by atoms with van der Waals surface area (Å²) < 4.78 is 16.4. The van der Waals surface area contributed by atoms with Gasteiger partial charge in [0, 0.05) is 12.7 Å². The van der Waals surface area contributed by atoms with Crippen LogP contribution in [0.1, 0.15) is 30.9 Å². The van der Waals surface area contributed by atoms with Crippen LogP contribution in [0, 0.1) is 0 Å². The van der Waals surface area contributed by atoms with E-state index < -0.39 is 0 Å². The Morgan fingerprint density at radius 3 is 2.37 bits per heavy atom. The first-order chi connectivity index (χ1) is 9.28. The molecular formula is C14H22N2O3. The van der Waals surface area contributed by atoms with Gasteiger partial charge in [0.1, 0.15) is 11.5 Å². The Bertz CT molecular complexity index is 383. The zero-order chi connectivity index (χ0) is 13.7. The van der Waals surface area contributed by atoms with Crippen molar-refractivity contribution in [2.75, 3.05) is 20.8 Å². The number of methoxy groups -OCH3 is 2. The van der Waals surface area contributed by atoms with E-state index in [-0.39, 0.29) is 12.1 Å². The molecule has 2 unspecified atom stereocenters. The van der Waals surface area contributed by atoms with Crippen molar-refractivity contribution in [2.45, 2.75) is 31.4 Å². The van der Waals surface area contributed by atoms with Crippen LogP contribution in [-0.2, 0) is 4.74 Å². The minimum absolute atomic E-state index is 0.0516. The normalized spacial score (nSPS) is 20.9. The van der Waals surface area contributed by atoms with Gasteiger partial charge in [0.05, 0.1) is 26.4 Å². The number of hydrogen-bond donors (Lipinski definition) is 2. The number of nitrogens with one attached hydrogen (secondary N) is 1. The van der Waals surface area contributed by atoms with Crippen LogP contribution >= 0.6 is 0 Å². The fourth-order valence-electron chi connectivity index (χ4n) is 2.46. The minimum Gasteiger partial charge on any atom is -0.497 e. The van der Waals surface area contributed by atoms with Crippen molar-refractivity contribution >= 4 is 0 Å². The monoisotopic (exact) mass is 266 g/mol. The summed E-state index contributed by atoms with van der Waals surface area (Å²) in [5.41, 5.74) is 3.87. The highest BCUT2D eigenvalue weighted by atomic mass is 16.5. The van der Waals surface area contributed by atoms with Gasteiger partial charge in [-0.1, -0.05) is 0 Å². The molecule has 0 aliphatic carbocycles. The van der Waals surface area contributed by atoms with Crippen molar-refractivity contribution in [2.24, 2.45) is 5.84 Å². The molecule has 5 nitrogen and oxygen atoms in total. The maximum atomic E-state index is 5.81. The molecular weight excluding hydrogens is 244 g/mol. The van der Waals surface area contributed by atoms with Gasteiger partial charge in [-0.25, -0.2) is 0 Å². The largest absolute Gasteiger partial charge is 0.497 e. The summed E-state index contributed by atoms with van der Waals surface area (Å²) in [7, 11) is 3.28. The van der Waals surface area contributed by atoms with E-state index in [1.54, 1.807) is 14.2 Å². The molecule has 1 saturated heterocycles. The molecule has 1 aliphatic heterocycles. The van der Waals surface area contributed by atoms with Gasteiger partial charge in [-0.2, -0.15) is 0 Å². The third-order valence-corrected chi connectivity index (χ3v) is 3.50. The van der Waals surface area contributed by atoms with E-state index in [4.69, 9.17) is 20.1 Å². The number of ether oxygens (including phenoxy) is 3. The Morgan fingerprint density at radius 1 is 1.21 bits per heavy atom. The van der Waals surface area contributed by atoms with Gasteiger partial charge >= 0.3 is 0 Å². The van der Waals surface area contributed by atoms with E-state index in [9.17, 15) is 0 Å². The molecule has 1 aromatic rings. The van der Waals surface area contributed by atoms with Crippen LogP contribution < -0.4 is 20.7 Å². The fourth-order valence-corrected chi connectivity index (χ4v) is 2.46. The Hall–Kier alpha value is -1.30. The second-order valence-corrected chi connectivity index (χ2v) is 4.70. The highest BCUT2D eigenvalue weighted by Gasteiger charge is 2.25. The molecule has 2 rings (SSSR count). The van der Waals surface area contributed by atoms with E-state index >= 15 is 0 Å². The van der Waals surface area contributed by atoms with Crippen LogP contribution in [-0.4, -0.2) is 26.9 Å². The van der Waals surface area contributed by atoms with Gasteiger partial charge in [0.15, 0.2) is 0 Å². The van der Waals surface area contributed by atoms with Gasteiger partial charge in [-0.15, -0.1) is 0 Å². The fraction of sp³-hybridized carbons (Fsp3) is 0.571. The SMILES string of the molecule is COc1cc(OC)cc(C(NN)C2CCCCO2)c1. The molecule has 19 heavy (non-hydrogen) atoms. The lowest BCUT2D eigenvalue weighted by Gasteiger charge is -2.30. The molecule has 5 heteroatoms. The number of rotatable bonds is 5. The lowest BCUT2D eigenvalue weighted by molar-refractivity contribution is -0.00827. The molecule has 0 bridgehead atoms. The summed E-state index contributed by atoms with van der Waals surface area (Å²) in [6.45, 7) is 0.796. The Kier molecular flexibility index (Phi) is 5.01. The first-order valence-electron chi connectivity index (χ1n) is 6.59. The summed E-state index contributed by atoms with van der Waals surface area (Å²) in [4.78, 5) is 0. The molecule has 106 valence electrons. The molecule has 3 N–H and O–H groups in total. The van der Waals surface area contributed by atoms with Crippen LogP contribution in [0.25, 0.3) is 0 Å². The summed E-state index contributed by atoms with van der Waals surface area (Å²) in [5, 5.41) is 0. The van der Waals surface area contributed by atoms with E-state index in [0.717, 1.165) is 36.5 Å². The lowest BCUT2D eigenvalue weighted by Crippen LogP contribution is -2.39. The Labute approximate surface area is 114 Å². The second kappa shape index (κ2) is 6.75. The zero-order valence-electron chi connectivity index (χ0n) is 11.5. The van der Waals surface area contributed by atoms with Crippen LogP contribution in [0.4, 0.5) is 0 Å². The maximum absolute atomic E-state index is 5.81. The minimum atomic E-state index is -0.0516. The smallest absolute Gasteiger partial charge is 0.122 e. The number of benzene rings is 1. The topological polar surface area (TPSA) is 65.7 Å². The van der Waals surface area contributed by atoms with Crippen LogP contribution in [0.5, 0.6) is 11.5 Å². The van der Waals surface area contributed by atoms with Crippen molar-refractivity contribution in [3.05, 3.63) is 23.8 Å². The highest BCUT2D eigenvalue weighted by molar-refractivity contribution is 5.40. The molecule has 1 aliphatic rings. The maximum Gasteiger partial charge on any atom is 0.122 e. The van der Waals surface area contributed by atoms with Gasteiger partial charge in [0.2, 0.25) is 0 Å². The number of hydrazine groups is 1. The summed E-state index contributed by atoms with van der Waals surface area (Å²) in [6, 6.07) is 5.72. The van der Waals surface area contributed by atoms with E-state index in [1.807, 2.05) is 18.2 Å². The average Bonchev–Trinajstić information content (AvgIpc) is 2.48. The average molecular weight is 266 g/mol. The predicted molar refractivity (Wildman–Crippen MR) is 73.2 cm³/mol. The van der Waals surface area contributed by atoms with Crippen LogP contribution in [0.2, 0.25) is 0 Å². The van der Waals surface area contributed by atoms with Gasteiger partial charge in [0.25, 0.3) is 0 Å². The van der Waals surface area contributed by atoms with E-state index in [2.05, 4.69) is 5.43 Å². The third kappa shape index (κ3) is 3.37. The van der Waals surface area contributed by atoms with Crippen LogP contribution in [0.3, 0.4) is 0 Å². The first kappa shape index (κ1) is 14.1. The molecule has 1 aromatic carbocycles. The zero-order valence-corrected chi connectivity index (χ0v) is 11.5. The quantitative estimate of drug-likeness (QED) is 0.628. The summed E-state index contributed by atoms with van der Waals surface area (Å²) in [5.74, 6) is 7.22. The van der Waals surface area contributed by atoms with Crippen molar-refractivity contribution in [3.63, 3.8) is 0 Å². The molecule has 1 heterocycles. The molecule has 0 saturated carbocycles. The number of hydrogen-bond acceptors (Lipinski definition) is 5. The van der Waals surface area contributed by atoms with Gasteiger partial charge in [-0.05, 0) is 37.0 Å². The summed E-state index contributed by atoms with van der Waals surface area (Å²) >= 11 is 0. The first-order valence-corrected chi connectivity index (χ1v) is 6.59. The summed E-state index contributed by atoms with van der Waals surface area (Å²) in [6.07, 6.45) is 3.39. The van der Waals surface area contributed by atoms with Crippen molar-refractivity contribution in [3.8, 4) is 11.5 Å². The van der Waals surface area contributed by atoms with E-state index in [1.165, 1.54) is 6.42 Å². The molecule has 2 atom stereocenters. The molecule has 0 spiro atoms. The lowest BCUT2D eigenvalue weighted by atomic mass is 9.96. The number of nitrogens with two attached hydrogens (primary N) is 1. The van der Waals surface area contributed by atoms with Crippen LogP contribution in [0.15, 0.2) is 18.2 Å². The van der Waals surface area contributed by atoms with Crippen molar-refractivity contribution in [1.82, 2.24) is 5.43 Å². The van der Waals surface area contributed by atoms with Gasteiger partial charge < -0.3 is 14.2 Å². The Balaban J connectivity index is 2.25. The van der Waals surface area contributed by atoms with Gasteiger partial charge in [-0.3, -0.25) is 11.3 Å². The molecule has 0 aromatic heterocycles. The molecule has 0 radical (unpaired) electrons. The second-order valence-electron chi connectivity index (χ2n) is 4.70. The third-order valence-electron chi connectivity index (χ3n) is 3.50.